The van der Waals surface area contributed by atoms with Gasteiger partial charge in [-0.3, -0.25) is 10.1 Å². The van der Waals surface area contributed by atoms with E-state index in [2.05, 4.69) is 33.0 Å². The van der Waals surface area contributed by atoms with Crippen molar-refractivity contribution in [3.05, 3.63) is 58.1 Å². The number of nitro groups is 1. The molecule has 6 heteroatoms. The Morgan fingerprint density at radius 1 is 1.19 bits per heavy atom. The number of thiazole rings is 1. The SMILES string of the molecule is O=[N+]([O-])c1ccc2sc(-c3ccc(CCBr)cc3)nc2c1. The van der Waals surface area contributed by atoms with Crippen LogP contribution in [0.1, 0.15) is 5.56 Å². The fourth-order valence-electron chi connectivity index (χ4n) is 2.08. The van der Waals surface area contributed by atoms with Gasteiger partial charge in [0.25, 0.3) is 5.69 Å². The lowest BCUT2D eigenvalue weighted by atomic mass is 10.1. The molecule has 0 radical (unpaired) electrons. The largest absolute Gasteiger partial charge is 0.271 e. The minimum Gasteiger partial charge on any atom is -0.258 e. The molecule has 2 aromatic carbocycles. The van der Waals surface area contributed by atoms with Crippen molar-refractivity contribution in [3.63, 3.8) is 0 Å². The summed E-state index contributed by atoms with van der Waals surface area (Å²) in [6.07, 6.45) is 0.992. The van der Waals surface area contributed by atoms with Crippen molar-refractivity contribution in [2.45, 2.75) is 6.42 Å². The standard InChI is InChI=1S/C15H11BrN2O2S/c16-8-7-10-1-3-11(4-2-10)15-17-13-9-12(18(19)20)5-6-14(13)21-15/h1-6,9H,7-8H2. The van der Waals surface area contributed by atoms with Gasteiger partial charge in [0.05, 0.1) is 15.1 Å². The predicted octanol–water partition coefficient (Wildman–Crippen LogP) is 4.81. The molecule has 0 saturated heterocycles. The summed E-state index contributed by atoms with van der Waals surface area (Å²) in [4.78, 5) is 14.9. The van der Waals surface area contributed by atoms with Crippen LogP contribution in [0.2, 0.25) is 0 Å². The van der Waals surface area contributed by atoms with Gasteiger partial charge in [0, 0.05) is 23.0 Å². The van der Waals surface area contributed by atoms with E-state index >= 15 is 0 Å². The third-order valence-corrected chi connectivity index (χ3v) is 4.65. The van der Waals surface area contributed by atoms with E-state index in [-0.39, 0.29) is 5.69 Å². The zero-order valence-electron chi connectivity index (χ0n) is 11.0. The van der Waals surface area contributed by atoms with Gasteiger partial charge in [0.1, 0.15) is 5.01 Å². The number of aryl methyl sites for hydroxylation is 1. The topological polar surface area (TPSA) is 56.0 Å². The second kappa shape index (κ2) is 5.91. The van der Waals surface area contributed by atoms with Crippen LogP contribution < -0.4 is 0 Å². The predicted molar refractivity (Wildman–Crippen MR) is 89.2 cm³/mol. The molecule has 0 N–H and O–H groups in total. The van der Waals surface area contributed by atoms with Crippen LogP contribution in [0.25, 0.3) is 20.8 Å². The minimum absolute atomic E-state index is 0.0759. The summed E-state index contributed by atoms with van der Waals surface area (Å²) in [6, 6.07) is 13.1. The van der Waals surface area contributed by atoms with Gasteiger partial charge in [-0.05, 0) is 18.1 Å². The van der Waals surface area contributed by atoms with Crippen LogP contribution >= 0.6 is 27.3 Å². The second-order valence-electron chi connectivity index (χ2n) is 4.56. The third-order valence-electron chi connectivity index (χ3n) is 3.17. The molecule has 0 aliphatic heterocycles. The van der Waals surface area contributed by atoms with Gasteiger partial charge >= 0.3 is 0 Å². The van der Waals surface area contributed by atoms with E-state index in [1.165, 1.54) is 17.7 Å². The van der Waals surface area contributed by atoms with Crippen molar-refractivity contribution < 1.29 is 4.92 Å². The number of non-ortho nitro benzene ring substituents is 1. The van der Waals surface area contributed by atoms with E-state index in [1.54, 1.807) is 17.4 Å². The van der Waals surface area contributed by atoms with E-state index in [1.807, 2.05) is 12.1 Å². The summed E-state index contributed by atoms with van der Waals surface area (Å²) < 4.78 is 0.958. The van der Waals surface area contributed by atoms with Gasteiger partial charge in [-0.25, -0.2) is 4.98 Å². The molecular formula is C15H11BrN2O2S. The Balaban J connectivity index is 1.98. The Hall–Kier alpha value is -1.79. The quantitative estimate of drug-likeness (QED) is 0.380. The highest BCUT2D eigenvalue weighted by atomic mass is 79.9. The molecule has 0 aliphatic rings. The zero-order valence-corrected chi connectivity index (χ0v) is 13.4. The first kappa shape index (κ1) is 14.2. The number of nitro benzene ring substituents is 1. The molecule has 1 aromatic heterocycles. The van der Waals surface area contributed by atoms with E-state index in [4.69, 9.17) is 0 Å². The Morgan fingerprint density at radius 2 is 1.95 bits per heavy atom. The monoisotopic (exact) mass is 362 g/mol. The Morgan fingerprint density at radius 3 is 2.62 bits per heavy atom. The van der Waals surface area contributed by atoms with E-state index in [0.717, 1.165) is 27.0 Å². The first-order chi connectivity index (χ1) is 10.2. The van der Waals surface area contributed by atoms with E-state index < -0.39 is 4.92 Å². The molecule has 3 rings (SSSR count). The van der Waals surface area contributed by atoms with Crippen LogP contribution in [0, 0.1) is 10.1 Å². The zero-order chi connectivity index (χ0) is 14.8. The Kier molecular flexibility index (Phi) is 3.98. The molecule has 0 atom stereocenters. The third kappa shape index (κ3) is 2.96. The molecule has 0 bridgehead atoms. The maximum absolute atomic E-state index is 10.8. The average Bonchev–Trinajstić information content (AvgIpc) is 2.91. The van der Waals surface area contributed by atoms with E-state index in [9.17, 15) is 10.1 Å². The fourth-order valence-corrected chi connectivity index (χ4v) is 3.49. The van der Waals surface area contributed by atoms with E-state index in [0.29, 0.717) is 5.52 Å². The van der Waals surface area contributed by atoms with Crippen molar-refractivity contribution >= 4 is 43.2 Å². The molecule has 3 aromatic rings. The Labute approximate surface area is 133 Å². The van der Waals surface area contributed by atoms with Gasteiger partial charge in [0.15, 0.2) is 0 Å². The van der Waals surface area contributed by atoms with Crippen molar-refractivity contribution in [3.8, 4) is 10.6 Å². The number of nitrogens with zero attached hydrogens (tertiary/aromatic N) is 2. The first-order valence-electron chi connectivity index (χ1n) is 6.37. The van der Waals surface area contributed by atoms with Crippen molar-refractivity contribution in [2.75, 3.05) is 5.33 Å². The molecule has 0 aliphatic carbocycles. The van der Waals surface area contributed by atoms with Gasteiger partial charge < -0.3 is 0 Å². The number of rotatable bonds is 4. The lowest BCUT2D eigenvalue weighted by molar-refractivity contribution is -0.384. The number of halogens is 1. The molecular weight excluding hydrogens is 352 g/mol. The summed E-state index contributed by atoms with van der Waals surface area (Å²) >= 11 is 4.97. The number of fused-ring (bicyclic) bond motifs is 1. The molecule has 0 amide bonds. The molecule has 0 spiro atoms. The highest BCUT2D eigenvalue weighted by molar-refractivity contribution is 9.09. The maximum Gasteiger partial charge on any atom is 0.271 e. The van der Waals surface area contributed by atoms with Crippen LogP contribution in [-0.4, -0.2) is 15.2 Å². The van der Waals surface area contributed by atoms with Gasteiger partial charge in [0.2, 0.25) is 0 Å². The molecule has 0 fully saturated rings. The van der Waals surface area contributed by atoms with Crippen LogP contribution in [0.5, 0.6) is 0 Å². The molecule has 21 heavy (non-hydrogen) atoms. The van der Waals surface area contributed by atoms with Crippen molar-refractivity contribution in [1.82, 2.24) is 4.98 Å². The van der Waals surface area contributed by atoms with Crippen LogP contribution in [0.15, 0.2) is 42.5 Å². The first-order valence-corrected chi connectivity index (χ1v) is 8.31. The fraction of sp³-hybridized carbons (Fsp3) is 0.133. The normalized spacial score (nSPS) is 10.9. The van der Waals surface area contributed by atoms with Crippen molar-refractivity contribution in [1.29, 1.82) is 0 Å². The van der Waals surface area contributed by atoms with Crippen LogP contribution in [0.4, 0.5) is 5.69 Å². The average molecular weight is 363 g/mol. The van der Waals surface area contributed by atoms with Gasteiger partial charge in [-0.1, -0.05) is 40.2 Å². The smallest absolute Gasteiger partial charge is 0.258 e. The maximum atomic E-state index is 10.8. The summed E-state index contributed by atoms with van der Waals surface area (Å²) in [6.45, 7) is 0. The van der Waals surface area contributed by atoms with Crippen molar-refractivity contribution in [2.24, 2.45) is 0 Å². The lowest BCUT2D eigenvalue weighted by Gasteiger charge is -1.99. The highest BCUT2D eigenvalue weighted by Gasteiger charge is 2.11. The lowest BCUT2D eigenvalue weighted by Crippen LogP contribution is -1.86. The van der Waals surface area contributed by atoms with Gasteiger partial charge in [-0.15, -0.1) is 11.3 Å². The minimum atomic E-state index is -0.395. The number of aromatic nitrogens is 1. The number of hydrogen-bond donors (Lipinski definition) is 0. The second-order valence-corrected chi connectivity index (χ2v) is 6.39. The van der Waals surface area contributed by atoms with Gasteiger partial charge in [-0.2, -0.15) is 0 Å². The molecule has 106 valence electrons. The molecule has 0 unspecified atom stereocenters. The van der Waals surface area contributed by atoms with Crippen LogP contribution in [0.3, 0.4) is 0 Å². The summed E-state index contributed by atoms with van der Waals surface area (Å²) in [5.74, 6) is 0. The summed E-state index contributed by atoms with van der Waals surface area (Å²) in [5, 5.41) is 12.6. The molecule has 4 nitrogen and oxygen atoms in total. The summed E-state index contributed by atoms with van der Waals surface area (Å²) in [7, 11) is 0. The number of hydrogen-bond acceptors (Lipinski definition) is 4. The summed E-state index contributed by atoms with van der Waals surface area (Å²) in [5.41, 5.74) is 3.06. The molecule has 0 saturated carbocycles. The Bertz CT molecular complexity index is 799. The van der Waals surface area contributed by atoms with Crippen LogP contribution in [-0.2, 0) is 6.42 Å². The highest BCUT2D eigenvalue weighted by Crippen LogP contribution is 2.32. The molecule has 1 heterocycles. The number of alkyl halides is 1. The number of benzene rings is 2.